The van der Waals surface area contributed by atoms with Gasteiger partial charge in [0.15, 0.2) is 5.82 Å². The molecule has 0 aliphatic carbocycles. The van der Waals surface area contributed by atoms with Crippen molar-refractivity contribution in [3.63, 3.8) is 0 Å². The van der Waals surface area contributed by atoms with Crippen LogP contribution in [-0.4, -0.2) is 16.7 Å². The van der Waals surface area contributed by atoms with E-state index in [1.54, 1.807) is 0 Å². The van der Waals surface area contributed by atoms with Crippen molar-refractivity contribution in [2.75, 3.05) is 6.61 Å². The Morgan fingerprint density at radius 2 is 2.19 bits per heavy atom. The number of rotatable bonds is 1. The lowest BCUT2D eigenvalue weighted by Crippen LogP contribution is -2.19. The molecule has 0 N–H and O–H groups in total. The summed E-state index contributed by atoms with van der Waals surface area (Å²) in [5.74, 6) is 2.49. The molecule has 2 aromatic rings. The maximum atomic E-state index is 5.67. The molecule has 1 atom stereocenters. The van der Waals surface area contributed by atoms with Crippen LogP contribution in [0.25, 0.3) is 0 Å². The van der Waals surface area contributed by atoms with Gasteiger partial charge in [0.1, 0.15) is 12.4 Å². The molecular formula is C12H12N2O2. The lowest BCUT2D eigenvalue weighted by Gasteiger charge is -2.22. The number of para-hydroxylation sites is 1. The lowest BCUT2D eigenvalue weighted by atomic mass is 9.97. The predicted molar refractivity (Wildman–Crippen MR) is 57.4 cm³/mol. The molecule has 0 fully saturated rings. The normalized spacial score (nSPS) is 18.9. The van der Waals surface area contributed by atoms with Crippen LogP contribution >= 0.6 is 0 Å². The minimum Gasteiger partial charge on any atom is -0.492 e. The van der Waals surface area contributed by atoms with Crippen molar-refractivity contribution in [2.45, 2.75) is 19.3 Å². The number of aryl methyl sites for hydroxylation is 1. The van der Waals surface area contributed by atoms with E-state index < -0.39 is 0 Å². The minimum atomic E-state index is 0.177. The van der Waals surface area contributed by atoms with Crippen LogP contribution < -0.4 is 4.74 Å². The zero-order valence-corrected chi connectivity index (χ0v) is 9.01. The van der Waals surface area contributed by atoms with Crippen molar-refractivity contribution in [3.05, 3.63) is 41.5 Å². The highest BCUT2D eigenvalue weighted by Gasteiger charge is 2.25. The summed E-state index contributed by atoms with van der Waals surface area (Å²) in [6, 6.07) is 8.06. The number of hydrogen-bond acceptors (Lipinski definition) is 4. The highest BCUT2D eigenvalue weighted by Crippen LogP contribution is 2.31. The number of hydrogen-bond donors (Lipinski definition) is 0. The Labute approximate surface area is 93.2 Å². The minimum absolute atomic E-state index is 0.177. The van der Waals surface area contributed by atoms with E-state index in [9.17, 15) is 0 Å². The van der Waals surface area contributed by atoms with Crippen molar-refractivity contribution in [3.8, 4) is 5.75 Å². The summed E-state index contributed by atoms with van der Waals surface area (Å²) in [5, 5.41) is 3.81. The van der Waals surface area contributed by atoms with Gasteiger partial charge in [0.2, 0.25) is 5.89 Å². The van der Waals surface area contributed by atoms with Gasteiger partial charge in [-0.2, -0.15) is 4.98 Å². The summed E-state index contributed by atoms with van der Waals surface area (Å²) in [4.78, 5) is 4.25. The second kappa shape index (κ2) is 3.63. The van der Waals surface area contributed by atoms with Crippen molar-refractivity contribution in [1.29, 1.82) is 0 Å². The first-order valence-corrected chi connectivity index (χ1v) is 5.34. The zero-order chi connectivity index (χ0) is 11.0. The lowest BCUT2D eigenvalue weighted by molar-refractivity contribution is 0.230. The molecule has 16 heavy (non-hydrogen) atoms. The fourth-order valence-electron chi connectivity index (χ4n) is 1.97. The predicted octanol–water partition coefficient (Wildman–Crippen LogP) is 2.10. The van der Waals surface area contributed by atoms with E-state index in [-0.39, 0.29) is 5.92 Å². The van der Waals surface area contributed by atoms with E-state index in [0.29, 0.717) is 18.3 Å². The third kappa shape index (κ3) is 1.56. The first-order chi connectivity index (χ1) is 7.83. The largest absolute Gasteiger partial charge is 0.492 e. The number of ether oxygens (including phenoxy) is 1. The fraction of sp³-hybridized carbons (Fsp3) is 0.333. The quantitative estimate of drug-likeness (QED) is 0.732. The molecule has 0 saturated carbocycles. The summed E-state index contributed by atoms with van der Waals surface area (Å²) >= 11 is 0. The SMILES string of the molecule is Cc1noc(C2COc3ccccc3C2)n1. The molecule has 82 valence electrons. The topological polar surface area (TPSA) is 48.2 Å². The number of nitrogens with zero attached hydrogens (tertiary/aromatic N) is 2. The Kier molecular flexibility index (Phi) is 2.13. The maximum Gasteiger partial charge on any atom is 0.233 e. The Balaban J connectivity index is 1.88. The first-order valence-electron chi connectivity index (χ1n) is 5.34. The summed E-state index contributed by atoms with van der Waals surface area (Å²) in [6.45, 7) is 2.43. The van der Waals surface area contributed by atoms with Crippen molar-refractivity contribution in [2.24, 2.45) is 0 Å². The molecule has 2 heterocycles. The standard InChI is InChI=1S/C12H12N2O2/c1-8-13-12(16-14-8)10-6-9-4-2-3-5-11(9)15-7-10/h2-5,10H,6-7H2,1H3. The van der Waals surface area contributed by atoms with Crippen LogP contribution in [0.15, 0.2) is 28.8 Å². The van der Waals surface area contributed by atoms with Crippen LogP contribution in [0.1, 0.15) is 23.2 Å². The Hall–Kier alpha value is -1.84. The van der Waals surface area contributed by atoms with Gasteiger partial charge in [-0.1, -0.05) is 23.4 Å². The molecule has 1 unspecified atom stereocenters. The average Bonchev–Trinajstić information content (AvgIpc) is 2.75. The highest BCUT2D eigenvalue weighted by molar-refractivity contribution is 5.36. The zero-order valence-electron chi connectivity index (χ0n) is 9.01. The van der Waals surface area contributed by atoms with Crippen LogP contribution in [0.5, 0.6) is 5.75 Å². The maximum absolute atomic E-state index is 5.67. The molecule has 0 bridgehead atoms. The van der Waals surface area contributed by atoms with Crippen molar-refractivity contribution in [1.82, 2.24) is 10.1 Å². The molecular weight excluding hydrogens is 204 g/mol. The summed E-state index contributed by atoms with van der Waals surface area (Å²) in [6.07, 6.45) is 0.901. The fourth-order valence-corrected chi connectivity index (χ4v) is 1.97. The van der Waals surface area contributed by atoms with Crippen LogP contribution in [-0.2, 0) is 6.42 Å². The van der Waals surface area contributed by atoms with E-state index in [1.165, 1.54) is 5.56 Å². The van der Waals surface area contributed by atoms with E-state index >= 15 is 0 Å². The molecule has 4 nitrogen and oxygen atoms in total. The summed E-state index contributed by atoms with van der Waals surface area (Å²) < 4.78 is 10.8. The van der Waals surface area contributed by atoms with Gasteiger partial charge < -0.3 is 9.26 Å². The van der Waals surface area contributed by atoms with E-state index in [1.807, 2.05) is 25.1 Å². The van der Waals surface area contributed by atoms with Gasteiger partial charge in [0.25, 0.3) is 0 Å². The molecule has 1 aromatic heterocycles. The molecule has 1 aliphatic heterocycles. The molecule has 0 saturated heterocycles. The van der Waals surface area contributed by atoms with Gasteiger partial charge in [-0.05, 0) is 25.0 Å². The Bertz CT molecular complexity index is 507. The van der Waals surface area contributed by atoms with Crippen LogP contribution in [0.3, 0.4) is 0 Å². The van der Waals surface area contributed by atoms with E-state index in [4.69, 9.17) is 9.26 Å². The Morgan fingerprint density at radius 1 is 1.31 bits per heavy atom. The molecule has 0 amide bonds. The average molecular weight is 216 g/mol. The van der Waals surface area contributed by atoms with Crippen molar-refractivity contribution >= 4 is 0 Å². The molecule has 0 spiro atoms. The summed E-state index contributed by atoms with van der Waals surface area (Å²) in [7, 11) is 0. The monoisotopic (exact) mass is 216 g/mol. The second-order valence-corrected chi connectivity index (χ2v) is 4.00. The van der Waals surface area contributed by atoms with E-state index in [2.05, 4.69) is 16.2 Å². The molecule has 3 rings (SSSR count). The molecule has 4 heteroatoms. The Morgan fingerprint density at radius 3 is 3.00 bits per heavy atom. The van der Waals surface area contributed by atoms with Gasteiger partial charge in [-0.3, -0.25) is 0 Å². The summed E-state index contributed by atoms with van der Waals surface area (Å²) in [5.41, 5.74) is 1.20. The third-order valence-electron chi connectivity index (χ3n) is 2.77. The number of aromatic nitrogens is 2. The van der Waals surface area contributed by atoms with Gasteiger partial charge >= 0.3 is 0 Å². The molecule has 1 aliphatic rings. The molecule has 1 aromatic carbocycles. The second-order valence-electron chi connectivity index (χ2n) is 4.00. The third-order valence-corrected chi connectivity index (χ3v) is 2.77. The highest BCUT2D eigenvalue weighted by atomic mass is 16.5. The smallest absolute Gasteiger partial charge is 0.233 e. The van der Waals surface area contributed by atoms with E-state index in [0.717, 1.165) is 12.2 Å². The van der Waals surface area contributed by atoms with Gasteiger partial charge in [0, 0.05) is 0 Å². The van der Waals surface area contributed by atoms with Gasteiger partial charge in [-0.25, -0.2) is 0 Å². The van der Waals surface area contributed by atoms with Crippen LogP contribution in [0.2, 0.25) is 0 Å². The molecule has 0 radical (unpaired) electrons. The van der Waals surface area contributed by atoms with Crippen LogP contribution in [0.4, 0.5) is 0 Å². The van der Waals surface area contributed by atoms with Crippen molar-refractivity contribution < 1.29 is 9.26 Å². The number of fused-ring (bicyclic) bond motifs is 1. The number of benzene rings is 1. The van der Waals surface area contributed by atoms with Crippen LogP contribution in [0, 0.1) is 6.92 Å². The van der Waals surface area contributed by atoms with Gasteiger partial charge in [-0.15, -0.1) is 0 Å². The van der Waals surface area contributed by atoms with Gasteiger partial charge in [0.05, 0.1) is 5.92 Å². The first kappa shape index (κ1) is 9.39.